The van der Waals surface area contributed by atoms with E-state index in [-0.39, 0.29) is 29.7 Å². The number of pyridine rings is 1. The Labute approximate surface area is 169 Å². The summed E-state index contributed by atoms with van der Waals surface area (Å²) in [6.45, 7) is 3.09. The number of ketones is 1. The van der Waals surface area contributed by atoms with Gasteiger partial charge < -0.3 is 9.72 Å². The minimum absolute atomic E-state index is 0.0690. The molecule has 0 unspecified atom stereocenters. The van der Waals surface area contributed by atoms with Crippen LogP contribution in [0.15, 0.2) is 29.4 Å². The molecule has 0 saturated heterocycles. The fourth-order valence-corrected chi connectivity index (χ4v) is 3.91. The van der Waals surface area contributed by atoms with Gasteiger partial charge in [-0.15, -0.1) is 0 Å². The number of hydrogen-bond donors (Lipinski definition) is 1. The highest BCUT2D eigenvalue weighted by Crippen LogP contribution is 2.21. The van der Waals surface area contributed by atoms with Crippen LogP contribution in [0, 0.1) is 6.92 Å². The van der Waals surface area contributed by atoms with E-state index in [9.17, 15) is 14.4 Å². The second-order valence-corrected chi connectivity index (χ2v) is 7.45. The van der Waals surface area contributed by atoms with E-state index in [0.29, 0.717) is 22.4 Å². The fraction of sp³-hybridized carbons (Fsp3) is 0.455. The predicted molar refractivity (Wildman–Crippen MR) is 108 cm³/mol. The smallest absolute Gasteiger partial charge is 0.339 e. The topological polar surface area (TPSA) is 93.5 Å². The van der Waals surface area contributed by atoms with Gasteiger partial charge in [0.25, 0.3) is 0 Å². The maximum atomic E-state index is 13.1. The Morgan fingerprint density at radius 2 is 1.93 bits per heavy atom. The molecule has 2 heterocycles. The van der Waals surface area contributed by atoms with Crippen molar-refractivity contribution in [2.75, 3.05) is 7.11 Å². The number of nitrogens with zero attached hydrogens (tertiary/aromatic N) is 2. The highest BCUT2D eigenvalue weighted by atomic mass is 16.5. The highest BCUT2D eigenvalue weighted by molar-refractivity contribution is 6.01. The van der Waals surface area contributed by atoms with Crippen LogP contribution in [0.5, 0.6) is 0 Å². The van der Waals surface area contributed by atoms with Gasteiger partial charge in [-0.25, -0.2) is 4.79 Å². The molecule has 0 aromatic carbocycles. The molecule has 0 radical (unpaired) electrons. The monoisotopic (exact) mass is 397 g/mol. The maximum absolute atomic E-state index is 13.1. The quantitative estimate of drug-likeness (QED) is 0.619. The van der Waals surface area contributed by atoms with E-state index < -0.39 is 5.97 Å². The van der Waals surface area contributed by atoms with Crippen LogP contribution in [0.1, 0.15) is 75.9 Å². The van der Waals surface area contributed by atoms with Gasteiger partial charge in [0.1, 0.15) is 5.49 Å². The van der Waals surface area contributed by atoms with Crippen molar-refractivity contribution in [2.24, 2.45) is 4.99 Å². The van der Waals surface area contributed by atoms with Crippen molar-refractivity contribution in [1.82, 2.24) is 9.55 Å². The Bertz CT molecular complexity index is 994. The van der Waals surface area contributed by atoms with Crippen LogP contribution >= 0.6 is 0 Å². The number of carbonyl (C=O) groups is 3. The molecule has 154 valence electrons. The molecule has 7 nitrogen and oxygen atoms in total. The van der Waals surface area contributed by atoms with Gasteiger partial charge in [0.2, 0.25) is 5.91 Å². The molecule has 0 spiro atoms. The third-order valence-corrected chi connectivity index (χ3v) is 5.39. The standard InChI is InChI=1S/C22H27N3O4/c1-14-20(22(28)29-3)17(24-21(14)15(2)26)13-19(27)25-12-8-7-11-18(25)23-16-9-5-4-6-10-16/h7-8,11-12,16,24H,4-6,9-10,13H2,1-3H3. The van der Waals surface area contributed by atoms with E-state index in [1.165, 1.54) is 25.0 Å². The minimum atomic E-state index is -0.570. The predicted octanol–water partition coefficient (Wildman–Crippen LogP) is 3.23. The third-order valence-electron chi connectivity index (χ3n) is 5.39. The summed E-state index contributed by atoms with van der Waals surface area (Å²) >= 11 is 0. The SMILES string of the molecule is COC(=O)c1c(CC(=O)n2ccccc2=NC2CCCCC2)[nH]c(C(C)=O)c1C. The summed E-state index contributed by atoms with van der Waals surface area (Å²) in [4.78, 5) is 45.0. The Kier molecular flexibility index (Phi) is 6.46. The van der Waals surface area contributed by atoms with Crippen molar-refractivity contribution in [3.63, 3.8) is 0 Å². The number of esters is 1. The number of H-pyrrole nitrogens is 1. The summed E-state index contributed by atoms with van der Waals surface area (Å²) < 4.78 is 6.37. The van der Waals surface area contributed by atoms with Crippen LogP contribution in [0.25, 0.3) is 0 Å². The molecule has 7 heteroatoms. The van der Waals surface area contributed by atoms with Crippen molar-refractivity contribution in [2.45, 2.75) is 58.4 Å². The molecule has 29 heavy (non-hydrogen) atoms. The summed E-state index contributed by atoms with van der Waals surface area (Å²) in [5, 5.41) is 0. The summed E-state index contributed by atoms with van der Waals surface area (Å²) in [7, 11) is 1.28. The number of methoxy groups -OCH3 is 1. The zero-order valence-electron chi connectivity index (χ0n) is 17.2. The van der Waals surface area contributed by atoms with Crippen molar-refractivity contribution >= 4 is 17.7 Å². The van der Waals surface area contributed by atoms with Crippen LogP contribution in [0.2, 0.25) is 0 Å². The van der Waals surface area contributed by atoms with Gasteiger partial charge in [0.15, 0.2) is 5.78 Å². The second kappa shape index (κ2) is 9.03. The molecule has 1 fully saturated rings. The zero-order valence-corrected chi connectivity index (χ0v) is 17.2. The molecular formula is C22H27N3O4. The van der Waals surface area contributed by atoms with Crippen molar-refractivity contribution < 1.29 is 19.1 Å². The molecule has 0 amide bonds. The molecule has 1 aliphatic carbocycles. The molecule has 2 aromatic rings. The zero-order chi connectivity index (χ0) is 21.0. The summed E-state index contributed by atoms with van der Waals surface area (Å²) in [6, 6.07) is 5.69. The molecule has 1 N–H and O–H groups in total. The number of aromatic nitrogens is 2. The first kappa shape index (κ1) is 20.8. The molecular weight excluding hydrogens is 370 g/mol. The number of aromatic amines is 1. The fourth-order valence-electron chi connectivity index (χ4n) is 3.91. The molecule has 0 bridgehead atoms. The van der Waals surface area contributed by atoms with Crippen LogP contribution in [0.4, 0.5) is 0 Å². The summed E-state index contributed by atoms with van der Waals surface area (Å²) in [6.07, 6.45) is 7.24. The minimum Gasteiger partial charge on any atom is -0.465 e. The lowest BCUT2D eigenvalue weighted by Crippen LogP contribution is -2.30. The number of Topliss-reactive ketones (excluding diaryl/α,β-unsaturated/α-hetero) is 1. The average molecular weight is 397 g/mol. The molecule has 2 aromatic heterocycles. The summed E-state index contributed by atoms with van der Waals surface area (Å²) in [5.74, 6) is -1.01. The van der Waals surface area contributed by atoms with Gasteiger partial charge in [0.05, 0.1) is 30.8 Å². The van der Waals surface area contributed by atoms with E-state index in [2.05, 4.69) is 4.98 Å². The number of rotatable bonds is 5. The first-order chi connectivity index (χ1) is 13.9. The van der Waals surface area contributed by atoms with Gasteiger partial charge in [-0.3, -0.25) is 19.1 Å². The Morgan fingerprint density at radius 1 is 1.21 bits per heavy atom. The van der Waals surface area contributed by atoms with Gasteiger partial charge in [-0.05, 0) is 37.5 Å². The van der Waals surface area contributed by atoms with E-state index in [0.717, 1.165) is 25.7 Å². The van der Waals surface area contributed by atoms with Gasteiger partial charge in [0, 0.05) is 18.8 Å². The first-order valence-corrected chi connectivity index (χ1v) is 9.97. The normalized spacial score (nSPS) is 15.3. The Hall–Kier alpha value is -2.96. The highest BCUT2D eigenvalue weighted by Gasteiger charge is 2.25. The van der Waals surface area contributed by atoms with Crippen LogP contribution in [0.3, 0.4) is 0 Å². The lowest BCUT2D eigenvalue weighted by Gasteiger charge is -2.17. The van der Waals surface area contributed by atoms with Crippen LogP contribution in [-0.4, -0.2) is 40.4 Å². The van der Waals surface area contributed by atoms with Crippen LogP contribution < -0.4 is 5.49 Å². The second-order valence-electron chi connectivity index (χ2n) is 7.45. The van der Waals surface area contributed by atoms with Gasteiger partial charge in [-0.1, -0.05) is 25.3 Å². The van der Waals surface area contributed by atoms with E-state index in [4.69, 9.17) is 9.73 Å². The number of carbonyl (C=O) groups excluding carboxylic acids is 3. The number of hydrogen-bond acceptors (Lipinski definition) is 5. The van der Waals surface area contributed by atoms with E-state index in [1.807, 2.05) is 12.1 Å². The number of ether oxygens (including phenoxy) is 1. The number of nitrogens with one attached hydrogen (secondary N) is 1. The average Bonchev–Trinajstić information content (AvgIpc) is 3.04. The molecule has 3 rings (SSSR count). The molecule has 0 aliphatic heterocycles. The summed E-state index contributed by atoms with van der Waals surface area (Å²) in [5.41, 5.74) is 2.05. The van der Waals surface area contributed by atoms with Crippen LogP contribution in [-0.2, 0) is 11.2 Å². The van der Waals surface area contributed by atoms with Gasteiger partial charge >= 0.3 is 5.97 Å². The van der Waals surface area contributed by atoms with E-state index >= 15 is 0 Å². The van der Waals surface area contributed by atoms with Crippen molar-refractivity contribution in [1.29, 1.82) is 0 Å². The first-order valence-electron chi connectivity index (χ1n) is 9.97. The Balaban J connectivity index is 1.96. The van der Waals surface area contributed by atoms with Crippen molar-refractivity contribution in [3.8, 4) is 0 Å². The lowest BCUT2D eigenvalue weighted by molar-refractivity contribution is 0.0599. The maximum Gasteiger partial charge on any atom is 0.339 e. The molecule has 1 saturated carbocycles. The third kappa shape index (κ3) is 4.55. The molecule has 0 atom stereocenters. The lowest BCUT2D eigenvalue weighted by atomic mass is 9.96. The van der Waals surface area contributed by atoms with Crippen molar-refractivity contribution in [3.05, 3.63) is 52.4 Å². The Morgan fingerprint density at radius 3 is 2.59 bits per heavy atom. The molecule has 1 aliphatic rings. The van der Waals surface area contributed by atoms with Gasteiger partial charge in [-0.2, -0.15) is 0 Å². The van der Waals surface area contributed by atoms with E-state index in [1.54, 1.807) is 19.2 Å². The largest absolute Gasteiger partial charge is 0.465 e.